The maximum absolute atomic E-state index is 10.6. The molecule has 0 unspecified atom stereocenters. The number of aromatic hydroxyl groups is 1. The van der Waals surface area contributed by atoms with Gasteiger partial charge in [0.05, 0.1) is 0 Å². The minimum atomic E-state index is 0.179. The average Bonchev–Trinajstić information content (AvgIpc) is 3.54. The molecule has 2 aromatic heterocycles. The summed E-state index contributed by atoms with van der Waals surface area (Å²) in [6.45, 7) is 2.15. The summed E-state index contributed by atoms with van der Waals surface area (Å²) in [4.78, 5) is 6.88. The highest BCUT2D eigenvalue weighted by atomic mass is 16.3. The average molecular weight is 375 g/mol. The smallest absolute Gasteiger partial charge is 0.156 e. The third kappa shape index (κ3) is 3.29. The van der Waals surface area contributed by atoms with Gasteiger partial charge in [0.15, 0.2) is 5.82 Å². The fourth-order valence-electron chi connectivity index (χ4n) is 4.15. The van der Waals surface area contributed by atoms with Gasteiger partial charge in [-0.1, -0.05) is 24.3 Å². The van der Waals surface area contributed by atoms with Crippen molar-refractivity contribution in [3.8, 4) is 17.1 Å². The lowest BCUT2D eigenvalue weighted by Crippen LogP contribution is -2.40. The molecule has 6 heteroatoms. The standard InChI is InChI=1S/C22H25N5O/c1-27-10-4-5-16(13-27)24-22-18-7-3-2-6-17(18)20(25-26-22)21-19(28)11-15(12-23-21)14-8-9-14/h2-3,6-7,11-12,14,16,28H,4-5,8-10,13H2,1H3,(H,24,26)/t16-/m1/s1. The summed E-state index contributed by atoms with van der Waals surface area (Å²) < 4.78 is 0. The number of rotatable bonds is 4. The van der Waals surface area contributed by atoms with Gasteiger partial charge in [-0.05, 0) is 56.8 Å². The number of pyridine rings is 1. The van der Waals surface area contributed by atoms with Gasteiger partial charge in [-0.25, -0.2) is 0 Å². The number of nitrogens with one attached hydrogen (secondary N) is 1. The first-order chi connectivity index (χ1) is 13.7. The molecule has 2 aliphatic rings. The minimum Gasteiger partial charge on any atom is -0.506 e. The summed E-state index contributed by atoms with van der Waals surface area (Å²) in [7, 11) is 2.15. The van der Waals surface area contributed by atoms with Gasteiger partial charge in [-0.2, -0.15) is 0 Å². The van der Waals surface area contributed by atoms with E-state index in [1.54, 1.807) is 0 Å². The number of benzene rings is 1. The van der Waals surface area contributed by atoms with E-state index in [9.17, 15) is 5.11 Å². The van der Waals surface area contributed by atoms with Gasteiger partial charge < -0.3 is 15.3 Å². The number of hydrogen-bond acceptors (Lipinski definition) is 6. The second-order valence-electron chi connectivity index (χ2n) is 8.10. The maximum atomic E-state index is 10.6. The first kappa shape index (κ1) is 17.4. The largest absolute Gasteiger partial charge is 0.506 e. The van der Waals surface area contributed by atoms with Crippen molar-refractivity contribution in [3.63, 3.8) is 0 Å². The molecule has 1 saturated heterocycles. The van der Waals surface area contributed by atoms with Gasteiger partial charge in [0.1, 0.15) is 17.1 Å². The molecule has 144 valence electrons. The Morgan fingerprint density at radius 3 is 2.64 bits per heavy atom. The molecule has 1 saturated carbocycles. The van der Waals surface area contributed by atoms with Crippen molar-refractivity contribution in [1.82, 2.24) is 20.1 Å². The zero-order valence-corrected chi connectivity index (χ0v) is 16.1. The number of hydrogen-bond donors (Lipinski definition) is 2. The van der Waals surface area contributed by atoms with E-state index in [0.29, 0.717) is 23.3 Å². The van der Waals surface area contributed by atoms with E-state index in [4.69, 9.17) is 0 Å². The molecule has 0 bridgehead atoms. The Balaban J connectivity index is 1.53. The second kappa shape index (κ2) is 7.02. The van der Waals surface area contributed by atoms with Crippen LogP contribution in [0.1, 0.15) is 37.2 Å². The Bertz CT molecular complexity index is 1020. The Morgan fingerprint density at radius 2 is 1.89 bits per heavy atom. The van der Waals surface area contributed by atoms with Crippen molar-refractivity contribution in [3.05, 3.63) is 42.1 Å². The van der Waals surface area contributed by atoms with Crippen molar-refractivity contribution >= 4 is 16.6 Å². The van der Waals surface area contributed by atoms with Crippen LogP contribution >= 0.6 is 0 Å². The van der Waals surface area contributed by atoms with E-state index >= 15 is 0 Å². The highest BCUT2D eigenvalue weighted by Gasteiger charge is 2.26. The summed E-state index contributed by atoms with van der Waals surface area (Å²) in [5, 5.41) is 25.1. The summed E-state index contributed by atoms with van der Waals surface area (Å²) >= 11 is 0. The third-order valence-electron chi connectivity index (χ3n) is 5.81. The summed E-state index contributed by atoms with van der Waals surface area (Å²) in [6, 6.07) is 10.3. The molecule has 5 rings (SSSR count). The molecule has 0 spiro atoms. The van der Waals surface area contributed by atoms with Crippen LogP contribution in [0, 0.1) is 0 Å². The molecule has 0 radical (unpaired) electrons. The number of likely N-dealkylation sites (N-methyl/N-ethyl adjacent to an activating group) is 1. The maximum Gasteiger partial charge on any atom is 0.156 e. The van der Waals surface area contributed by atoms with E-state index in [1.807, 2.05) is 30.5 Å². The monoisotopic (exact) mass is 375 g/mol. The van der Waals surface area contributed by atoms with Gasteiger partial charge in [0.25, 0.3) is 0 Å². The summed E-state index contributed by atoms with van der Waals surface area (Å²) in [6.07, 6.45) is 6.54. The molecule has 1 atom stereocenters. The Morgan fingerprint density at radius 1 is 1.07 bits per heavy atom. The van der Waals surface area contributed by atoms with Crippen LogP contribution in [0.5, 0.6) is 5.75 Å². The number of fused-ring (bicyclic) bond motifs is 1. The zero-order chi connectivity index (χ0) is 19.1. The van der Waals surface area contributed by atoms with Crippen molar-refractivity contribution in [2.45, 2.75) is 37.6 Å². The molecule has 6 nitrogen and oxygen atoms in total. The van der Waals surface area contributed by atoms with Crippen LogP contribution in [-0.2, 0) is 0 Å². The zero-order valence-electron chi connectivity index (χ0n) is 16.1. The van der Waals surface area contributed by atoms with E-state index in [-0.39, 0.29) is 5.75 Å². The van der Waals surface area contributed by atoms with Crippen LogP contribution in [0.4, 0.5) is 5.82 Å². The third-order valence-corrected chi connectivity index (χ3v) is 5.81. The fourth-order valence-corrected chi connectivity index (χ4v) is 4.15. The SMILES string of the molecule is CN1CCC[C@@H](Nc2nnc(-c3ncc(C4CC4)cc3O)c3ccccc23)C1. The normalized spacial score (nSPS) is 20.4. The number of piperidine rings is 1. The lowest BCUT2D eigenvalue weighted by molar-refractivity contribution is 0.261. The molecule has 3 heterocycles. The predicted molar refractivity (Wildman–Crippen MR) is 111 cm³/mol. The fraction of sp³-hybridized carbons (Fsp3) is 0.409. The highest BCUT2D eigenvalue weighted by molar-refractivity contribution is 6.00. The number of likely N-dealkylation sites (tertiary alicyclic amines) is 1. The van der Waals surface area contributed by atoms with Gasteiger partial charge in [0, 0.05) is 29.6 Å². The second-order valence-corrected chi connectivity index (χ2v) is 8.10. The Hall–Kier alpha value is -2.73. The molecular formula is C22H25N5O. The van der Waals surface area contributed by atoms with Crippen LogP contribution in [-0.4, -0.2) is 51.4 Å². The first-order valence-electron chi connectivity index (χ1n) is 10.1. The molecular weight excluding hydrogens is 350 g/mol. The van der Waals surface area contributed by atoms with E-state index in [1.165, 1.54) is 19.3 Å². The van der Waals surface area contributed by atoms with Gasteiger partial charge in [0.2, 0.25) is 0 Å². The highest BCUT2D eigenvalue weighted by Crippen LogP contribution is 2.42. The Kier molecular flexibility index (Phi) is 4.36. The van der Waals surface area contributed by atoms with Gasteiger partial charge in [-0.3, -0.25) is 4.98 Å². The van der Waals surface area contributed by atoms with Gasteiger partial charge in [-0.15, -0.1) is 10.2 Å². The van der Waals surface area contributed by atoms with Crippen molar-refractivity contribution in [2.24, 2.45) is 0 Å². The molecule has 2 fully saturated rings. The topological polar surface area (TPSA) is 74.2 Å². The van der Waals surface area contributed by atoms with Crippen molar-refractivity contribution in [2.75, 3.05) is 25.5 Å². The first-order valence-corrected chi connectivity index (χ1v) is 10.1. The molecule has 28 heavy (non-hydrogen) atoms. The quantitative estimate of drug-likeness (QED) is 0.723. The van der Waals surface area contributed by atoms with Crippen molar-refractivity contribution in [1.29, 1.82) is 0 Å². The summed E-state index contributed by atoms with van der Waals surface area (Å²) in [5.74, 6) is 1.53. The molecule has 0 amide bonds. The molecule has 1 aliphatic carbocycles. The van der Waals surface area contributed by atoms with Crippen LogP contribution in [0.2, 0.25) is 0 Å². The van der Waals surface area contributed by atoms with Crippen molar-refractivity contribution < 1.29 is 5.11 Å². The molecule has 2 N–H and O–H groups in total. The molecule has 1 aliphatic heterocycles. The molecule has 1 aromatic carbocycles. The number of aromatic nitrogens is 3. The van der Waals surface area contributed by atoms with E-state index in [2.05, 4.69) is 38.5 Å². The van der Waals surface area contributed by atoms with Crippen LogP contribution in [0.25, 0.3) is 22.2 Å². The summed E-state index contributed by atoms with van der Waals surface area (Å²) in [5.41, 5.74) is 2.23. The van der Waals surface area contributed by atoms with Gasteiger partial charge >= 0.3 is 0 Å². The van der Waals surface area contributed by atoms with Crippen LogP contribution in [0.3, 0.4) is 0 Å². The van der Waals surface area contributed by atoms with Crippen LogP contribution < -0.4 is 5.32 Å². The molecule has 3 aromatic rings. The number of nitrogens with zero attached hydrogens (tertiary/aromatic N) is 4. The number of anilines is 1. The predicted octanol–water partition coefficient (Wildman–Crippen LogP) is 3.78. The Labute approximate surface area is 164 Å². The lowest BCUT2D eigenvalue weighted by Gasteiger charge is -2.30. The lowest BCUT2D eigenvalue weighted by atomic mass is 10.0. The van der Waals surface area contributed by atoms with Crippen LogP contribution in [0.15, 0.2) is 36.5 Å². The minimum absolute atomic E-state index is 0.179. The van der Waals surface area contributed by atoms with E-state index < -0.39 is 0 Å². The van der Waals surface area contributed by atoms with E-state index in [0.717, 1.165) is 41.7 Å².